The summed E-state index contributed by atoms with van der Waals surface area (Å²) in [5, 5.41) is 9.14. The van der Waals surface area contributed by atoms with E-state index in [4.69, 9.17) is 16.9 Å². The molecule has 110 valence electrons. The maximum atomic E-state index is 9.14. The average molecular weight is 302 g/mol. The molecule has 2 aromatic rings. The lowest BCUT2D eigenvalue weighted by Crippen LogP contribution is -2.25. The van der Waals surface area contributed by atoms with Gasteiger partial charge in [0.2, 0.25) is 0 Å². The lowest BCUT2D eigenvalue weighted by Gasteiger charge is -2.36. The number of benzene rings is 1. The topological polar surface area (TPSA) is 41.6 Å². The van der Waals surface area contributed by atoms with Crippen molar-refractivity contribution in [2.24, 2.45) is 5.41 Å². The Kier molecular flexibility index (Phi) is 3.67. The SMILES string of the molecule is CC1(C)CCCC(n2c(CCl)nc3ccc(C#N)cc32)C1. The first-order valence-corrected chi connectivity index (χ1v) is 8.04. The number of nitrogens with zero attached hydrogens (tertiary/aromatic N) is 3. The van der Waals surface area contributed by atoms with Gasteiger partial charge >= 0.3 is 0 Å². The molecule has 1 fully saturated rings. The monoisotopic (exact) mass is 301 g/mol. The molecule has 0 N–H and O–H groups in total. The molecule has 1 unspecified atom stereocenters. The van der Waals surface area contributed by atoms with Crippen molar-refractivity contribution < 1.29 is 0 Å². The average Bonchev–Trinajstić information content (AvgIpc) is 2.83. The zero-order valence-electron chi connectivity index (χ0n) is 12.6. The normalized spacial score (nSPS) is 21.3. The van der Waals surface area contributed by atoms with Crippen LogP contribution in [0.4, 0.5) is 0 Å². The van der Waals surface area contributed by atoms with Crippen molar-refractivity contribution in [1.29, 1.82) is 5.26 Å². The van der Waals surface area contributed by atoms with Crippen molar-refractivity contribution in [2.45, 2.75) is 51.5 Å². The van der Waals surface area contributed by atoms with Gasteiger partial charge in [-0.1, -0.05) is 20.3 Å². The number of hydrogen-bond donors (Lipinski definition) is 0. The molecule has 0 spiro atoms. The minimum absolute atomic E-state index is 0.357. The lowest BCUT2D eigenvalue weighted by atomic mass is 9.75. The smallest absolute Gasteiger partial charge is 0.125 e. The van der Waals surface area contributed by atoms with Crippen LogP contribution in [-0.4, -0.2) is 9.55 Å². The summed E-state index contributed by atoms with van der Waals surface area (Å²) in [4.78, 5) is 4.65. The molecular weight excluding hydrogens is 282 g/mol. The van der Waals surface area contributed by atoms with Gasteiger partial charge in [-0.05, 0) is 42.9 Å². The fraction of sp³-hybridized carbons (Fsp3) is 0.529. The van der Waals surface area contributed by atoms with Crippen molar-refractivity contribution in [3.8, 4) is 6.07 Å². The van der Waals surface area contributed by atoms with Gasteiger partial charge in [0.25, 0.3) is 0 Å². The van der Waals surface area contributed by atoms with Gasteiger partial charge in [0, 0.05) is 6.04 Å². The van der Waals surface area contributed by atoms with Gasteiger partial charge < -0.3 is 4.57 Å². The lowest BCUT2D eigenvalue weighted by molar-refractivity contribution is 0.184. The number of nitriles is 1. The first kappa shape index (κ1) is 14.4. The van der Waals surface area contributed by atoms with Gasteiger partial charge in [0.15, 0.2) is 0 Å². The fourth-order valence-electron chi connectivity index (χ4n) is 3.59. The molecule has 1 aromatic carbocycles. The molecular formula is C17H20ClN3. The summed E-state index contributed by atoms with van der Waals surface area (Å²) in [6.45, 7) is 4.67. The van der Waals surface area contributed by atoms with Crippen LogP contribution in [0, 0.1) is 16.7 Å². The van der Waals surface area contributed by atoms with Gasteiger partial charge in [0.1, 0.15) is 5.82 Å². The number of imidazole rings is 1. The summed E-state index contributed by atoms with van der Waals surface area (Å²) >= 11 is 6.12. The summed E-state index contributed by atoms with van der Waals surface area (Å²) in [6, 6.07) is 8.34. The number of alkyl halides is 1. The van der Waals surface area contributed by atoms with Crippen LogP contribution in [0.25, 0.3) is 11.0 Å². The van der Waals surface area contributed by atoms with Crippen molar-refractivity contribution in [1.82, 2.24) is 9.55 Å². The minimum atomic E-state index is 0.357. The second kappa shape index (κ2) is 5.35. The highest BCUT2D eigenvalue weighted by molar-refractivity contribution is 6.16. The third-order valence-corrected chi connectivity index (χ3v) is 4.79. The van der Waals surface area contributed by atoms with E-state index in [1.807, 2.05) is 18.2 Å². The highest BCUT2D eigenvalue weighted by atomic mass is 35.5. The first-order valence-electron chi connectivity index (χ1n) is 7.51. The quantitative estimate of drug-likeness (QED) is 0.748. The Hall–Kier alpha value is -1.53. The van der Waals surface area contributed by atoms with E-state index < -0.39 is 0 Å². The van der Waals surface area contributed by atoms with E-state index in [1.165, 1.54) is 12.8 Å². The van der Waals surface area contributed by atoms with Gasteiger partial charge in [-0.2, -0.15) is 5.26 Å². The van der Waals surface area contributed by atoms with Crippen LogP contribution < -0.4 is 0 Å². The predicted octanol–water partition coefficient (Wildman–Crippen LogP) is 4.79. The predicted molar refractivity (Wildman–Crippen MR) is 85.3 cm³/mol. The van der Waals surface area contributed by atoms with Crippen molar-refractivity contribution in [3.63, 3.8) is 0 Å². The Morgan fingerprint density at radius 2 is 2.29 bits per heavy atom. The van der Waals surface area contributed by atoms with Crippen molar-refractivity contribution in [2.75, 3.05) is 0 Å². The minimum Gasteiger partial charge on any atom is -0.324 e. The summed E-state index contributed by atoms with van der Waals surface area (Å²) in [6.07, 6.45) is 4.81. The molecule has 0 aliphatic heterocycles. The summed E-state index contributed by atoms with van der Waals surface area (Å²) < 4.78 is 2.28. The summed E-state index contributed by atoms with van der Waals surface area (Å²) in [5.74, 6) is 1.33. The number of rotatable bonds is 2. The van der Waals surface area contributed by atoms with E-state index in [1.54, 1.807) is 0 Å². The number of halogens is 1. The maximum Gasteiger partial charge on any atom is 0.125 e. The Balaban J connectivity index is 2.13. The molecule has 3 nitrogen and oxygen atoms in total. The van der Waals surface area contributed by atoms with Gasteiger partial charge in [-0.25, -0.2) is 4.98 Å². The molecule has 1 atom stereocenters. The summed E-state index contributed by atoms with van der Waals surface area (Å²) in [5.41, 5.74) is 3.02. The van der Waals surface area contributed by atoms with E-state index in [9.17, 15) is 0 Å². The van der Waals surface area contributed by atoms with E-state index in [2.05, 4.69) is 29.5 Å². The number of aromatic nitrogens is 2. The second-order valence-electron chi connectivity index (χ2n) is 6.76. The van der Waals surface area contributed by atoms with Crippen LogP contribution in [0.2, 0.25) is 0 Å². The largest absolute Gasteiger partial charge is 0.324 e. The highest BCUT2D eigenvalue weighted by Crippen LogP contribution is 2.42. The van der Waals surface area contributed by atoms with Crippen LogP contribution in [-0.2, 0) is 5.88 Å². The molecule has 4 heteroatoms. The third-order valence-electron chi connectivity index (χ3n) is 4.56. The molecule has 0 radical (unpaired) electrons. The van der Waals surface area contributed by atoms with E-state index in [0.717, 1.165) is 29.7 Å². The summed E-state index contributed by atoms with van der Waals surface area (Å²) in [7, 11) is 0. The molecule has 3 rings (SSSR count). The van der Waals surface area contributed by atoms with Gasteiger partial charge in [-0.3, -0.25) is 0 Å². The molecule has 1 aliphatic carbocycles. The van der Waals surface area contributed by atoms with Crippen LogP contribution in [0.5, 0.6) is 0 Å². The molecule has 0 saturated heterocycles. The van der Waals surface area contributed by atoms with Crippen LogP contribution in [0.15, 0.2) is 18.2 Å². The zero-order chi connectivity index (χ0) is 15.0. The molecule has 0 amide bonds. The van der Waals surface area contributed by atoms with Crippen LogP contribution in [0.1, 0.15) is 57.0 Å². The zero-order valence-corrected chi connectivity index (χ0v) is 13.3. The molecule has 1 aliphatic rings. The van der Waals surface area contributed by atoms with E-state index in [-0.39, 0.29) is 0 Å². The van der Waals surface area contributed by atoms with Crippen LogP contribution in [0.3, 0.4) is 0 Å². The molecule has 1 saturated carbocycles. The third kappa shape index (κ3) is 2.65. The van der Waals surface area contributed by atoms with Crippen molar-refractivity contribution >= 4 is 22.6 Å². The number of hydrogen-bond acceptors (Lipinski definition) is 2. The van der Waals surface area contributed by atoms with Crippen LogP contribution >= 0.6 is 11.6 Å². The van der Waals surface area contributed by atoms with E-state index in [0.29, 0.717) is 22.9 Å². The molecule has 21 heavy (non-hydrogen) atoms. The van der Waals surface area contributed by atoms with E-state index >= 15 is 0 Å². The molecule has 0 bridgehead atoms. The van der Waals surface area contributed by atoms with Crippen molar-refractivity contribution in [3.05, 3.63) is 29.6 Å². The highest BCUT2D eigenvalue weighted by Gasteiger charge is 2.30. The Morgan fingerprint density at radius 3 is 2.95 bits per heavy atom. The molecule has 1 aromatic heterocycles. The number of fused-ring (bicyclic) bond motifs is 1. The van der Waals surface area contributed by atoms with Gasteiger partial charge in [-0.15, -0.1) is 11.6 Å². The van der Waals surface area contributed by atoms with Gasteiger partial charge in [0.05, 0.1) is 28.5 Å². The maximum absolute atomic E-state index is 9.14. The Labute approximate surface area is 130 Å². The standard InChI is InChI=1S/C17H20ClN3/c1-17(2)7-3-4-13(9-17)21-15-8-12(11-19)5-6-14(15)20-16(21)10-18/h5-6,8,13H,3-4,7,9-10H2,1-2H3. The first-order chi connectivity index (χ1) is 10.0. The second-order valence-corrected chi connectivity index (χ2v) is 7.03. The Morgan fingerprint density at radius 1 is 1.48 bits per heavy atom. The molecule has 1 heterocycles. The fourth-order valence-corrected chi connectivity index (χ4v) is 3.78. The Bertz CT molecular complexity index is 709.